The van der Waals surface area contributed by atoms with E-state index in [0.29, 0.717) is 5.92 Å². The molecule has 1 aliphatic carbocycles. The van der Waals surface area contributed by atoms with Crippen LogP contribution in [0.15, 0.2) is 16.8 Å². The molecule has 17 heavy (non-hydrogen) atoms. The van der Waals surface area contributed by atoms with Crippen LogP contribution in [-0.4, -0.2) is 19.9 Å². The molecule has 0 spiro atoms. The van der Waals surface area contributed by atoms with Gasteiger partial charge in [0.05, 0.1) is 11.4 Å². The van der Waals surface area contributed by atoms with E-state index >= 15 is 0 Å². The first-order valence-electron chi connectivity index (χ1n) is 5.70. The highest BCUT2D eigenvalue weighted by Gasteiger charge is 2.28. The van der Waals surface area contributed by atoms with Gasteiger partial charge in [-0.15, -0.1) is 11.8 Å². The molecule has 0 N–H and O–H groups in total. The normalized spacial score (nSPS) is 15.4. The van der Waals surface area contributed by atoms with E-state index in [-0.39, 0.29) is 0 Å². The van der Waals surface area contributed by atoms with E-state index in [1.54, 1.807) is 11.8 Å². The van der Waals surface area contributed by atoms with E-state index in [2.05, 4.69) is 15.2 Å². The summed E-state index contributed by atoms with van der Waals surface area (Å²) in [5.41, 5.74) is 1.08. The Kier molecular flexibility index (Phi) is 2.88. The first kappa shape index (κ1) is 10.8. The average Bonchev–Trinajstić information content (AvgIpc) is 2.93. The molecule has 0 radical (unpaired) electrons. The minimum Gasteiger partial charge on any atom is -0.338 e. The summed E-state index contributed by atoms with van der Waals surface area (Å²) >= 11 is 1.75. The third-order valence-corrected chi connectivity index (χ3v) is 3.62. The summed E-state index contributed by atoms with van der Waals surface area (Å²) in [5.74, 6) is 3.82. The molecule has 2 heterocycles. The van der Waals surface area contributed by atoms with Crippen LogP contribution in [0.3, 0.4) is 0 Å². The molecular formula is C11H14N4OS. The second kappa shape index (κ2) is 4.52. The van der Waals surface area contributed by atoms with Gasteiger partial charge in [0, 0.05) is 24.9 Å². The first-order valence-corrected chi connectivity index (χ1v) is 6.85. The van der Waals surface area contributed by atoms with Gasteiger partial charge in [-0.25, -0.2) is 0 Å². The monoisotopic (exact) mass is 250 g/mol. The molecule has 5 nitrogen and oxygen atoms in total. The van der Waals surface area contributed by atoms with Gasteiger partial charge in [0.25, 0.3) is 0 Å². The molecule has 2 aromatic heterocycles. The Balaban J connectivity index is 1.49. The van der Waals surface area contributed by atoms with Crippen molar-refractivity contribution in [3.8, 4) is 0 Å². The summed E-state index contributed by atoms with van der Waals surface area (Å²) in [5, 5.41) is 8.30. The molecule has 1 fully saturated rings. The number of thioether (sulfide) groups is 1. The molecule has 6 heteroatoms. The van der Waals surface area contributed by atoms with Gasteiger partial charge in [0.2, 0.25) is 5.89 Å². The third kappa shape index (κ3) is 2.69. The Morgan fingerprint density at radius 3 is 3.06 bits per heavy atom. The maximum atomic E-state index is 5.20. The van der Waals surface area contributed by atoms with Gasteiger partial charge in [-0.3, -0.25) is 4.68 Å². The highest BCUT2D eigenvalue weighted by molar-refractivity contribution is 7.97. The van der Waals surface area contributed by atoms with Crippen molar-refractivity contribution in [2.24, 2.45) is 7.05 Å². The summed E-state index contributed by atoms with van der Waals surface area (Å²) in [6.45, 7) is 0. The second-order valence-corrected chi connectivity index (χ2v) is 5.28. The fourth-order valence-corrected chi connectivity index (χ4v) is 2.37. The highest BCUT2D eigenvalue weighted by Crippen LogP contribution is 2.38. The van der Waals surface area contributed by atoms with Crippen LogP contribution in [0.25, 0.3) is 0 Å². The summed E-state index contributed by atoms with van der Waals surface area (Å²) in [4.78, 5) is 4.38. The Morgan fingerprint density at radius 2 is 2.35 bits per heavy atom. The molecule has 0 aliphatic heterocycles. The van der Waals surface area contributed by atoms with Crippen molar-refractivity contribution in [3.05, 3.63) is 29.7 Å². The molecule has 0 saturated heterocycles. The van der Waals surface area contributed by atoms with Crippen LogP contribution in [0.4, 0.5) is 0 Å². The zero-order valence-corrected chi connectivity index (χ0v) is 10.5. The van der Waals surface area contributed by atoms with Crippen molar-refractivity contribution in [2.75, 3.05) is 0 Å². The molecule has 0 unspecified atom stereocenters. The van der Waals surface area contributed by atoms with Crippen molar-refractivity contribution in [2.45, 2.75) is 30.3 Å². The molecular weight excluding hydrogens is 236 g/mol. The van der Waals surface area contributed by atoms with E-state index in [4.69, 9.17) is 4.52 Å². The maximum absolute atomic E-state index is 5.20. The standard InChI is InChI=1S/C11H14N4OS/c1-15-5-4-9(13-15)6-17-7-10-12-11(14-16-10)8-2-3-8/h4-5,8H,2-3,6-7H2,1H3. The fourth-order valence-electron chi connectivity index (χ4n) is 1.62. The van der Waals surface area contributed by atoms with E-state index in [1.807, 2.05) is 24.0 Å². The zero-order chi connectivity index (χ0) is 11.7. The van der Waals surface area contributed by atoms with Crippen LogP contribution in [0.1, 0.15) is 36.2 Å². The Hall–Kier alpha value is -1.30. The van der Waals surface area contributed by atoms with Gasteiger partial charge in [-0.1, -0.05) is 5.16 Å². The van der Waals surface area contributed by atoms with Crippen molar-refractivity contribution in [1.29, 1.82) is 0 Å². The summed E-state index contributed by atoms with van der Waals surface area (Å²) in [7, 11) is 1.92. The lowest BCUT2D eigenvalue weighted by atomic mass is 10.4. The maximum Gasteiger partial charge on any atom is 0.236 e. The molecule has 0 atom stereocenters. The highest BCUT2D eigenvalue weighted by atomic mass is 32.2. The quantitative estimate of drug-likeness (QED) is 0.813. The number of rotatable bonds is 5. The summed E-state index contributed by atoms with van der Waals surface area (Å²) in [6, 6.07) is 2.02. The van der Waals surface area contributed by atoms with Crippen LogP contribution in [0.5, 0.6) is 0 Å². The lowest BCUT2D eigenvalue weighted by Gasteiger charge is -1.94. The van der Waals surface area contributed by atoms with Crippen molar-refractivity contribution < 1.29 is 4.52 Å². The van der Waals surface area contributed by atoms with Gasteiger partial charge >= 0.3 is 0 Å². The van der Waals surface area contributed by atoms with E-state index in [9.17, 15) is 0 Å². The minimum atomic E-state index is 0.563. The number of hydrogen-bond acceptors (Lipinski definition) is 5. The SMILES string of the molecule is Cn1ccc(CSCc2nc(C3CC3)no2)n1. The van der Waals surface area contributed by atoms with Gasteiger partial charge in [-0.2, -0.15) is 10.1 Å². The van der Waals surface area contributed by atoms with Gasteiger partial charge < -0.3 is 4.52 Å². The second-order valence-electron chi connectivity index (χ2n) is 4.29. The average molecular weight is 250 g/mol. The lowest BCUT2D eigenvalue weighted by molar-refractivity contribution is 0.385. The predicted octanol–water partition coefficient (Wildman–Crippen LogP) is 2.11. The molecule has 2 aromatic rings. The van der Waals surface area contributed by atoms with Crippen LogP contribution >= 0.6 is 11.8 Å². The predicted molar refractivity (Wildman–Crippen MR) is 64.5 cm³/mol. The summed E-state index contributed by atoms with van der Waals surface area (Å²) < 4.78 is 7.01. The van der Waals surface area contributed by atoms with Crippen LogP contribution in [0.2, 0.25) is 0 Å². The number of hydrogen-bond donors (Lipinski definition) is 0. The van der Waals surface area contributed by atoms with E-state index in [1.165, 1.54) is 12.8 Å². The smallest absolute Gasteiger partial charge is 0.236 e. The van der Waals surface area contributed by atoms with Crippen molar-refractivity contribution in [1.82, 2.24) is 19.9 Å². The molecule has 3 rings (SSSR count). The summed E-state index contributed by atoms with van der Waals surface area (Å²) in [6.07, 6.45) is 4.37. The van der Waals surface area contributed by atoms with Gasteiger partial charge in [0.1, 0.15) is 0 Å². The molecule has 0 amide bonds. The Bertz CT molecular complexity index is 503. The van der Waals surface area contributed by atoms with Crippen LogP contribution in [-0.2, 0) is 18.6 Å². The molecule has 90 valence electrons. The van der Waals surface area contributed by atoms with Crippen molar-refractivity contribution in [3.63, 3.8) is 0 Å². The van der Waals surface area contributed by atoms with Crippen molar-refractivity contribution >= 4 is 11.8 Å². The van der Waals surface area contributed by atoms with Gasteiger partial charge in [0.15, 0.2) is 5.82 Å². The molecule has 0 aromatic carbocycles. The lowest BCUT2D eigenvalue weighted by Crippen LogP contribution is -1.90. The Labute approximate surface area is 104 Å². The fraction of sp³-hybridized carbons (Fsp3) is 0.545. The number of aryl methyl sites for hydroxylation is 1. The topological polar surface area (TPSA) is 56.7 Å². The first-order chi connectivity index (χ1) is 8.31. The minimum absolute atomic E-state index is 0.563. The van der Waals surface area contributed by atoms with E-state index < -0.39 is 0 Å². The molecule has 0 bridgehead atoms. The zero-order valence-electron chi connectivity index (χ0n) is 9.67. The largest absolute Gasteiger partial charge is 0.338 e. The van der Waals surface area contributed by atoms with Crippen LogP contribution < -0.4 is 0 Å². The Morgan fingerprint density at radius 1 is 1.47 bits per heavy atom. The third-order valence-electron chi connectivity index (χ3n) is 2.67. The molecule has 1 saturated carbocycles. The van der Waals surface area contributed by atoms with E-state index in [0.717, 1.165) is 28.9 Å². The number of aromatic nitrogens is 4. The van der Waals surface area contributed by atoms with Crippen LogP contribution in [0, 0.1) is 0 Å². The number of nitrogens with zero attached hydrogens (tertiary/aromatic N) is 4. The molecule has 1 aliphatic rings. The van der Waals surface area contributed by atoms with Gasteiger partial charge in [-0.05, 0) is 18.9 Å².